The first-order valence-corrected chi connectivity index (χ1v) is 10.3. The number of nitrogens with one attached hydrogen (secondary N) is 3. The number of nitrogens with two attached hydrogens (primary N) is 1. The number of carboxylic acid groups (broad SMARTS) is 2. The van der Waals surface area contributed by atoms with Crippen molar-refractivity contribution >= 4 is 29.7 Å². The van der Waals surface area contributed by atoms with E-state index in [-0.39, 0.29) is 12.8 Å². The summed E-state index contributed by atoms with van der Waals surface area (Å²) in [5.41, 5.74) is 6.31. The average molecular weight is 466 g/mol. The summed E-state index contributed by atoms with van der Waals surface area (Å²) in [5, 5.41) is 34.5. The number of carboxylic acids is 2. The fourth-order valence-electron chi connectivity index (χ4n) is 2.73. The molecule has 1 aromatic carbocycles. The maximum Gasteiger partial charge on any atom is 0.325 e. The number of amides is 3. The lowest BCUT2D eigenvalue weighted by atomic mass is 10.0. The molecule has 8 N–H and O–H groups in total. The third-order valence-electron chi connectivity index (χ3n) is 4.75. The molecule has 33 heavy (non-hydrogen) atoms. The number of hydrogen-bond donors (Lipinski definition) is 7. The van der Waals surface area contributed by atoms with Crippen LogP contribution in [0.1, 0.15) is 32.3 Å². The molecule has 0 saturated heterocycles. The Balaban J connectivity index is 3.07. The van der Waals surface area contributed by atoms with Crippen molar-refractivity contribution in [2.75, 3.05) is 0 Å². The molecule has 0 aromatic heterocycles. The molecule has 5 unspecified atom stereocenters. The van der Waals surface area contributed by atoms with Gasteiger partial charge in [0.05, 0.1) is 6.10 Å². The SMILES string of the molecule is CC(NC(=O)C(CCC(=O)O)NC(=O)C(Cc1ccccc1)NC(=O)C(N)C(C)O)C(=O)O. The van der Waals surface area contributed by atoms with Gasteiger partial charge in [-0.25, -0.2) is 0 Å². The maximum atomic E-state index is 13.0. The fraction of sp³-hybridized carbons (Fsp3) is 0.476. The highest BCUT2D eigenvalue weighted by Crippen LogP contribution is 2.07. The van der Waals surface area contributed by atoms with Gasteiger partial charge in [0.25, 0.3) is 0 Å². The Bertz CT molecular complexity index is 846. The molecule has 1 rings (SSSR count). The standard InChI is InChI=1S/C21H30N4O8/c1-11(21(32)33)23-18(29)14(8-9-16(27)28)24-19(30)15(10-13-6-4-3-5-7-13)25-20(31)17(22)12(2)26/h3-7,11-12,14-15,17,26H,8-10,22H2,1-2H3,(H,23,29)(H,24,30)(H,25,31)(H,27,28)(H,32,33). The number of rotatable bonds is 13. The van der Waals surface area contributed by atoms with Crippen molar-refractivity contribution in [3.63, 3.8) is 0 Å². The van der Waals surface area contributed by atoms with Crippen LogP contribution in [0.2, 0.25) is 0 Å². The quantitative estimate of drug-likeness (QED) is 0.178. The molecule has 0 saturated carbocycles. The summed E-state index contributed by atoms with van der Waals surface area (Å²) in [6, 6.07) is 3.49. The first-order valence-electron chi connectivity index (χ1n) is 10.3. The molecular weight excluding hydrogens is 436 g/mol. The molecule has 5 atom stereocenters. The number of carbonyl (C=O) groups is 5. The summed E-state index contributed by atoms with van der Waals surface area (Å²) >= 11 is 0. The predicted molar refractivity (Wildman–Crippen MR) is 116 cm³/mol. The van der Waals surface area contributed by atoms with E-state index in [1.165, 1.54) is 13.8 Å². The van der Waals surface area contributed by atoms with E-state index >= 15 is 0 Å². The molecule has 0 aliphatic rings. The first-order chi connectivity index (χ1) is 15.4. The molecule has 0 spiro atoms. The first kappa shape index (κ1) is 27.5. The van der Waals surface area contributed by atoms with Gasteiger partial charge < -0.3 is 37.0 Å². The van der Waals surface area contributed by atoms with Crippen LogP contribution in [0.4, 0.5) is 0 Å². The summed E-state index contributed by atoms with van der Waals surface area (Å²) in [6.45, 7) is 2.53. The van der Waals surface area contributed by atoms with Crippen molar-refractivity contribution in [1.29, 1.82) is 0 Å². The van der Waals surface area contributed by atoms with Crippen LogP contribution in [0.15, 0.2) is 30.3 Å². The highest BCUT2D eigenvalue weighted by Gasteiger charge is 2.30. The lowest BCUT2D eigenvalue weighted by molar-refractivity contribution is -0.142. The van der Waals surface area contributed by atoms with Gasteiger partial charge in [-0.1, -0.05) is 30.3 Å². The van der Waals surface area contributed by atoms with Crippen LogP contribution in [0.25, 0.3) is 0 Å². The maximum absolute atomic E-state index is 13.0. The van der Waals surface area contributed by atoms with E-state index < -0.39 is 66.4 Å². The van der Waals surface area contributed by atoms with E-state index in [4.69, 9.17) is 15.9 Å². The largest absolute Gasteiger partial charge is 0.481 e. The van der Waals surface area contributed by atoms with Crippen molar-refractivity contribution in [1.82, 2.24) is 16.0 Å². The Morgan fingerprint density at radius 3 is 1.94 bits per heavy atom. The molecule has 12 nitrogen and oxygen atoms in total. The molecule has 0 bridgehead atoms. The van der Waals surface area contributed by atoms with Crippen LogP contribution in [-0.4, -0.2) is 75.3 Å². The molecule has 0 fully saturated rings. The number of benzene rings is 1. The molecule has 12 heteroatoms. The van der Waals surface area contributed by atoms with Crippen LogP contribution >= 0.6 is 0 Å². The summed E-state index contributed by atoms with van der Waals surface area (Å²) in [7, 11) is 0. The van der Waals surface area contributed by atoms with E-state index in [1.54, 1.807) is 30.3 Å². The summed E-state index contributed by atoms with van der Waals surface area (Å²) in [6.07, 6.45) is -1.94. The second-order valence-corrected chi connectivity index (χ2v) is 7.58. The minimum absolute atomic E-state index is 0.0176. The molecule has 0 aliphatic carbocycles. The van der Waals surface area contributed by atoms with Gasteiger partial charge in [-0.3, -0.25) is 24.0 Å². The number of aliphatic carboxylic acids is 2. The summed E-state index contributed by atoms with van der Waals surface area (Å²) in [4.78, 5) is 59.8. The van der Waals surface area contributed by atoms with Crippen molar-refractivity contribution in [2.45, 2.75) is 63.4 Å². The topological polar surface area (TPSA) is 208 Å². The summed E-state index contributed by atoms with van der Waals surface area (Å²) in [5.74, 6) is -5.02. The highest BCUT2D eigenvalue weighted by molar-refractivity contribution is 5.94. The molecule has 0 heterocycles. The summed E-state index contributed by atoms with van der Waals surface area (Å²) < 4.78 is 0. The zero-order chi connectivity index (χ0) is 25.1. The molecule has 1 aromatic rings. The van der Waals surface area contributed by atoms with Gasteiger partial charge in [0.2, 0.25) is 17.7 Å². The third-order valence-corrected chi connectivity index (χ3v) is 4.75. The van der Waals surface area contributed by atoms with Gasteiger partial charge in [-0.15, -0.1) is 0 Å². The Morgan fingerprint density at radius 1 is 0.879 bits per heavy atom. The van der Waals surface area contributed by atoms with E-state index in [9.17, 15) is 29.1 Å². The van der Waals surface area contributed by atoms with Crippen LogP contribution < -0.4 is 21.7 Å². The number of carbonyl (C=O) groups excluding carboxylic acids is 3. The Labute approximate surface area is 190 Å². The third kappa shape index (κ3) is 9.66. The lowest BCUT2D eigenvalue weighted by Gasteiger charge is -2.25. The molecule has 0 aliphatic heterocycles. The highest BCUT2D eigenvalue weighted by atomic mass is 16.4. The van der Waals surface area contributed by atoms with Gasteiger partial charge in [0, 0.05) is 12.8 Å². The minimum atomic E-state index is -1.36. The monoisotopic (exact) mass is 466 g/mol. The molecule has 182 valence electrons. The molecular formula is C21H30N4O8. The van der Waals surface area contributed by atoms with Gasteiger partial charge in [0.15, 0.2) is 0 Å². The molecule has 3 amide bonds. The Kier molecular flexibility index (Phi) is 11.0. The second-order valence-electron chi connectivity index (χ2n) is 7.58. The number of aliphatic hydroxyl groups excluding tert-OH is 1. The Hall–Kier alpha value is -3.51. The van der Waals surface area contributed by atoms with Crippen molar-refractivity contribution in [3.05, 3.63) is 35.9 Å². The van der Waals surface area contributed by atoms with Crippen LogP contribution in [0.5, 0.6) is 0 Å². The smallest absolute Gasteiger partial charge is 0.325 e. The van der Waals surface area contributed by atoms with Crippen molar-refractivity contribution in [3.8, 4) is 0 Å². The van der Waals surface area contributed by atoms with Gasteiger partial charge in [0.1, 0.15) is 24.2 Å². The normalized spacial score (nSPS) is 15.3. The number of hydrogen-bond acceptors (Lipinski definition) is 7. The van der Waals surface area contributed by atoms with Gasteiger partial charge in [-0.2, -0.15) is 0 Å². The van der Waals surface area contributed by atoms with E-state index in [0.29, 0.717) is 5.56 Å². The van der Waals surface area contributed by atoms with Crippen LogP contribution in [0.3, 0.4) is 0 Å². The minimum Gasteiger partial charge on any atom is -0.481 e. The van der Waals surface area contributed by atoms with Crippen LogP contribution in [0, 0.1) is 0 Å². The van der Waals surface area contributed by atoms with Crippen molar-refractivity contribution < 1.29 is 39.3 Å². The van der Waals surface area contributed by atoms with Gasteiger partial charge >= 0.3 is 11.9 Å². The van der Waals surface area contributed by atoms with E-state index in [2.05, 4.69) is 16.0 Å². The number of aliphatic hydroxyl groups is 1. The zero-order valence-electron chi connectivity index (χ0n) is 18.4. The van der Waals surface area contributed by atoms with Crippen LogP contribution in [-0.2, 0) is 30.4 Å². The lowest BCUT2D eigenvalue weighted by Crippen LogP contribution is -2.58. The van der Waals surface area contributed by atoms with Gasteiger partial charge in [-0.05, 0) is 25.8 Å². The van der Waals surface area contributed by atoms with Crippen molar-refractivity contribution in [2.24, 2.45) is 5.73 Å². The second kappa shape index (κ2) is 13.1. The van der Waals surface area contributed by atoms with E-state index in [0.717, 1.165) is 0 Å². The fourth-order valence-corrected chi connectivity index (χ4v) is 2.73. The Morgan fingerprint density at radius 2 is 1.42 bits per heavy atom. The predicted octanol–water partition coefficient (Wildman–Crippen LogP) is -1.64. The van der Waals surface area contributed by atoms with E-state index in [1.807, 2.05) is 0 Å². The molecule has 0 radical (unpaired) electrons. The zero-order valence-corrected chi connectivity index (χ0v) is 18.4. The average Bonchev–Trinajstić information content (AvgIpc) is 2.75.